The lowest BCUT2D eigenvalue weighted by molar-refractivity contribution is 0.260. The first-order valence-electron chi connectivity index (χ1n) is 6.45. The summed E-state index contributed by atoms with van der Waals surface area (Å²) in [5.74, 6) is 0. The summed E-state index contributed by atoms with van der Waals surface area (Å²) in [5.41, 5.74) is 5.81. The number of nitrogen functional groups attached to an aromatic ring is 1. The molecule has 1 unspecified atom stereocenters. The molecular weight excluding hydrogens is 264 g/mol. The van der Waals surface area contributed by atoms with Crippen molar-refractivity contribution in [2.24, 2.45) is 0 Å². The Morgan fingerprint density at radius 1 is 1.47 bits per heavy atom. The molecule has 7 heteroatoms. The van der Waals surface area contributed by atoms with Gasteiger partial charge >= 0.3 is 0 Å². The van der Waals surface area contributed by atoms with E-state index in [0.29, 0.717) is 6.54 Å². The van der Waals surface area contributed by atoms with E-state index in [4.69, 9.17) is 5.73 Å². The van der Waals surface area contributed by atoms with Crippen molar-refractivity contribution < 1.29 is 8.42 Å². The highest BCUT2D eigenvalue weighted by Gasteiger charge is 2.22. The number of anilines is 1. The predicted molar refractivity (Wildman–Crippen MR) is 74.1 cm³/mol. The highest BCUT2D eigenvalue weighted by atomic mass is 32.2. The van der Waals surface area contributed by atoms with Crippen LogP contribution in [0.15, 0.2) is 23.4 Å². The zero-order valence-corrected chi connectivity index (χ0v) is 11.9. The van der Waals surface area contributed by atoms with Gasteiger partial charge in [0, 0.05) is 18.8 Å². The van der Waals surface area contributed by atoms with Crippen LogP contribution in [0.3, 0.4) is 0 Å². The fraction of sp³-hybridized carbons (Fsp3) is 0.583. The van der Waals surface area contributed by atoms with Crippen molar-refractivity contribution in [2.75, 3.05) is 25.4 Å². The molecule has 1 fully saturated rings. The van der Waals surface area contributed by atoms with Crippen LogP contribution in [0.2, 0.25) is 0 Å². The van der Waals surface area contributed by atoms with Gasteiger partial charge in [-0.2, -0.15) is 0 Å². The third kappa shape index (κ3) is 3.43. The lowest BCUT2D eigenvalue weighted by Crippen LogP contribution is -2.40. The Hall–Kier alpha value is -1.18. The molecule has 2 rings (SSSR count). The highest BCUT2D eigenvalue weighted by Crippen LogP contribution is 2.15. The van der Waals surface area contributed by atoms with Gasteiger partial charge in [-0.15, -0.1) is 0 Å². The van der Waals surface area contributed by atoms with Crippen molar-refractivity contribution in [1.29, 1.82) is 0 Å². The molecule has 3 N–H and O–H groups in total. The first-order chi connectivity index (χ1) is 9.00. The van der Waals surface area contributed by atoms with Crippen molar-refractivity contribution in [2.45, 2.75) is 30.8 Å². The van der Waals surface area contributed by atoms with Crippen molar-refractivity contribution >= 4 is 15.7 Å². The zero-order chi connectivity index (χ0) is 13.9. The van der Waals surface area contributed by atoms with Crippen LogP contribution in [-0.2, 0) is 10.0 Å². The molecule has 0 bridgehead atoms. The van der Waals surface area contributed by atoms with Crippen LogP contribution in [-0.4, -0.2) is 44.0 Å². The number of likely N-dealkylation sites (tertiary alicyclic amines) is 1. The minimum Gasteiger partial charge on any atom is -0.396 e. The summed E-state index contributed by atoms with van der Waals surface area (Å²) < 4.78 is 26.8. The van der Waals surface area contributed by atoms with E-state index in [2.05, 4.69) is 14.6 Å². The third-order valence-corrected chi connectivity index (χ3v) is 4.78. The van der Waals surface area contributed by atoms with E-state index < -0.39 is 10.0 Å². The molecule has 0 amide bonds. The molecule has 1 aliphatic rings. The molecule has 6 nitrogen and oxygen atoms in total. The average Bonchev–Trinajstić information content (AvgIpc) is 2.90. The van der Waals surface area contributed by atoms with Crippen LogP contribution in [0.1, 0.15) is 19.8 Å². The van der Waals surface area contributed by atoms with Crippen molar-refractivity contribution in [3.05, 3.63) is 18.3 Å². The Morgan fingerprint density at radius 3 is 2.79 bits per heavy atom. The predicted octanol–water partition coefficient (Wildman–Crippen LogP) is 0.426. The summed E-state index contributed by atoms with van der Waals surface area (Å²) in [7, 11) is -3.63. The van der Waals surface area contributed by atoms with E-state index in [1.807, 2.05) is 6.92 Å². The van der Waals surface area contributed by atoms with Gasteiger partial charge in [0.05, 0.1) is 5.69 Å². The van der Waals surface area contributed by atoms with Crippen molar-refractivity contribution in [3.63, 3.8) is 0 Å². The number of nitrogens with zero attached hydrogens (tertiary/aromatic N) is 2. The van der Waals surface area contributed by atoms with E-state index in [0.717, 1.165) is 13.1 Å². The number of sulfonamides is 1. The van der Waals surface area contributed by atoms with Gasteiger partial charge in [0.1, 0.15) is 0 Å². The quantitative estimate of drug-likeness (QED) is 0.818. The summed E-state index contributed by atoms with van der Waals surface area (Å²) >= 11 is 0. The monoisotopic (exact) mass is 284 g/mol. The number of hydrogen-bond acceptors (Lipinski definition) is 5. The van der Waals surface area contributed by atoms with E-state index in [-0.39, 0.29) is 16.8 Å². The Morgan fingerprint density at radius 2 is 2.16 bits per heavy atom. The molecule has 1 aliphatic heterocycles. The maximum Gasteiger partial charge on any atom is 0.260 e. The maximum atomic E-state index is 12.1. The fourth-order valence-corrected chi connectivity index (χ4v) is 3.41. The van der Waals surface area contributed by atoms with Crippen LogP contribution in [0.4, 0.5) is 5.69 Å². The minimum atomic E-state index is -3.63. The Labute approximate surface area is 114 Å². The molecule has 2 heterocycles. The van der Waals surface area contributed by atoms with E-state index in [1.54, 1.807) is 6.07 Å². The normalized spacial score (nSPS) is 18.6. The number of rotatable bonds is 5. The van der Waals surface area contributed by atoms with Crippen LogP contribution < -0.4 is 10.5 Å². The lowest BCUT2D eigenvalue weighted by Gasteiger charge is -2.23. The van der Waals surface area contributed by atoms with E-state index >= 15 is 0 Å². The van der Waals surface area contributed by atoms with E-state index in [1.165, 1.54) is 25.1 Å². The van der Waals surface area contributed by atoms with Crippen LogP contribution in [0.25, 0.3) is 0 Å². The lowest BCUT2D eigenvalue weighted by atomic mass is 10.3. The topological polar surface area (TPSA) is 88.3 Å². The molecule has 1 aromatic heterocycles. The first kappa shape index (κ1) is 14.2. The van der Waals surface area contributed by atoms with Crippen molar-refractivity contribution in [3.8, 4) is 0 Å². The van der Waals surface area contributed by atoms with E-state index in [9.17, 15) is 8.42 Å². The first-order valence-corrected chi connectivity index (χ1v) is 7.93. The van der Waals surface area contributed by atoms with Gasteiger partial charge in [0.2, 0.25) is 0 Å². The van der Waals surface area contributed by atoms with Gasteiger partial charge in [0.15, 0.2) is 5.03 Å². The SMILES string of the molecule is CC(CNS(=O)(=O)c1ncccc1N)N1CCCC1. The fourth-order valence-electron chi connectivity index (χ4n) is 2.24. The summed E-state index contributed by atoms with van der Waals surface area (Å²) in [4.78, 5) is 6.12. The second-order valence-electron chi connectivity index (χ2n) is 4.84. The van der Waals surface area contributed by atoms with Crippen LogP contribution >= 0.6 is 0 Å². The summed E-state index contributed by atoms with van der Waals surface area (Å²) in [5, 5.41) is -0.0939. The minimum absolute atomic E-state index is 0.0939. The Kier molecular flexibility index (Phi) is 4.38. The van der Waals surface area contributed by atoms with Gasteiger partial charge < -0.3 is 5.73 Å². The molecule has 19 heavy (non-hydrogen) atoms. The second kappa shape index (κ2) is 5.85. The third-order valence-electron chi connectivity index (χ3n) is 3.39. The second-order valence-corrected chi connectivity index (χ2v) is 6.52. The van der Waals surface area contributed by atoms with Crippen molar-refractivity contribution in [1.82, 2.24) is 14.6 Å². The molecule has 0 aromatic carbocycles. The van der Waals surface area contributed by atoms with Gasteiger partial charge in [-0.1, -0.05) is 0 Å². The molecule has 0 radical (unpaired) electrons. The summed E-state index contributed by atoms with van der Waals surface area (Å²) in [6, 6.07) is 3.33. The standard InChI is InChI=1S/C12H20N4O2S/c1-10(16-7-2-3-8-16)9-15-19(17,18)12-11(13)5-4-6-14-12/h4-6,10,15H,2-3,7-9,13H2,1H3. The van der Waals surface area contributed by atoms with Crippen LogP contribution in [0, 0.1) is 0 Å². The number of nitrogens with one attached hydrogen (secondary N) is 1. The van der Waals surface area contributed by atoms with Gasteiger partial charge in [-0.3, -0.25) is 4.90 Å². The molecule has 1 saturated heterocycles. The number of nitrogens with two attached hydrogens (primary N) is 1. The Bertz CT molecular complexity index is 526. The molecular formula is C12H20N4O2S. The summed E-state index contributed by atoms with van der Waals surface area (Å²) in [6.45, 7) is 4.47. The molecule has 0 aliphatic carbocycles. The van der Waals surface area contributed by atoms with Gasteiger partial charge in [-0.25, -0.2) is 18.1 Å². The number of pyridine rings is 1. The largest absolute Gasteiger partial charge is 0.396 e. The number of aromatic nitrogens is 1. The Balaban J connectivity index is 2.00. The smallest absolute Gasteiger partial charge is 0.260 e. The molecule has 1 aromatic rings. The maximum absolute atomic E-state index is 12.1. The molecule has 1 atom stereocenters. The molecule has 0 spiro atoms. The number of hydrogen-bond donors (Lipinski definition) is 2. The molecule has 106 valence electrons. The molecule has 0 saturated carbocycles. The zero-order valence-electron chi connectivity index (χ0n) is 11.0. The summed E-state index contributed by atoms with van der Waals surface area (Å²) in [6.07, 6.45) is 3.80. The average molecular weight is 284 g/mol. The van der Waals surface area contributed by atoms with Gasteiger partial charge in [0.25, 0.3) is 10.0 Å². The van der Waals surface area contributed by atoms with Crippen LogP contribution in [0.5, 0.6) is 0 Å². The van der Waals surface area contributed by atoms with Gasteiger partial charge in [-0.05, 0) is 45.0 Å². The highest BCUT2D eigenvalue weighted by molar-refractivity contribution is 7.89.